The molecular weight excluding hydrogens is 363 g/mol. The van der Waals surface area contributed by atoms with Crippen LogP contribution in [-0.2, 0) is 0 Å². The molecule has 0 bridgehead atoms. The van der Waals surface area contributed by atoms with Gasteiger partial charge in [0.25, 0.3) is 0 Å². The third kappa shape index (κ3) is 3.46. The van der Waals surface area contributed by atoms with Crippen LogP contribution in [0.3, 0.4) is 0 Å². The lowest BCUT2D eigenvalue weighted by molar-refractivity contribution is 0.259. The summed E-state index contributed by atoms with van der Waals surface area (Å²) in [6, 6.07) is 23.3. The minimum atomic E-state index is -0.293. The van der Waals surface area contributed by atoms with Crippen LogP contribution in [0.5, 0.6) is 0 Å². The summed E-state index contributed by atoms with van der Waals surface area (Å²) in [5.41, 5.74) is 3.51. The zero-order valence-corrected chi connectivity index (χ0v) is 15.2. The van der Waals surface area contributed by atoms with Crippen molar-refractivity contribution in [1.82, 2.24) is 0 Å². The van der Waals surface area contributed by atoms with Gasteiger partial charge < -0.3 is 5.11 Å². The maximum absolute atomic E-state index is 13.4. The highest BCUT2D eigenvalue weighted by atomic mass is 35.5. The number of hydrogen-bond donors (Lipinski definition) is 1. The Kier molecular flexibility index (Phi) is 4.92. The van der Waals surface area contributed by atoms with Gasteiger partial charge in [-0.1, -0.05) is 54.1 Å². The molecule has 1 aliphatic rings. The molecule has 0 spiro atoms. The number of aliphatic hydroxyl groups excluding tert-OH is 1. The number of hydrogen-bond acceptors (Lipinski definition) is 3. The number of rotatable bonds is 4. The van der Waals surface area contributed by atoms with Gasteiger partial charge in [0.05, 0.1) is 30.0 Å². The lowest BCUT2D eigenvalue weighted by Crippen LogP contribution is -2.35. The Morgan fingerprint density at radius 3 is 2.22 bits per heavy atom. The second kappa shape index (κ2) is 7.51. The molecule has 1 N–H and O–H groups in total. The van der Waals surface area contributed by atoms with Crippen LogP contribution in [0.25, 0.3) is 0 Å². The van der Waals surface area contributed by atoms with Crippen molar-refractivity contribution in [1.29, 1.82) is 0 Å². The molecule has 27 heavy (non-hydrogen) atoms. The Labute approximate surface area is 162 Å². The average molecular weight is 381 g/mol. The smallest absolute Gasteiger partial charge is 0.123 e. The van der Waals surface area contributed by atoms with Crippen LogP contribution >= 0.6 is 11.6 Å². The first-order chi connectivity index (χ1) is 13.2. The Balaban J connectivity index is 1.84. The fraction of sp³-hybridized carbons (Fsp3) is 0.136. The van der Waals surface area contributed by atoms with E-state index < -0.39 is 0 Å². The normalized spacial score (nSPS) is 19.2. The molecule has 0 saturated carbocycles. The van der Waals surface area contributed by atoms with E-state index in [4.69, 9.17) is 16.7 Å². The molecule has 0 saturated heterocycles. The fourth-order valence-electron chi connectivity index (χ4n) is 3.50. The molecule has 2 atom stereocenters. The number of aliphatic hydroxyl groups is 1. The molecule has 3 aromatic rings. The molecular formula is C22H18ClFN2O. The van der Waals surface area contributed by atoms with Crippen molar-refractivity contribution in [2.24, 2.45) is 5.10 Å². The molecule has 4 rings (SSSR count). The van der Waals surface area contributed by atoms with Gasteiger partial charge >= 0.3 is 0 Å². The molecule has 3 aromatic carbocycles. The molecule has 0 aliphatic carbocycles. The Bertz CT molecular complexity index is 942. The summed E-state index contributed by atoms with van der Waals surface area (Å²) in [5.74, 6) is -0.461. The standard InChI is InChI=1S/C22H18ClFN2O/c23-17-10-6-15(7-11-17)21-20(14-27)26(19-4-2-1-3-5-19)25-22(21)16-8-12-18(24)13-9-16/h1-13,20-21,27H,14H2/t20-,21-/m1/s1. The quantitative estimate of drug-likeness (QED) is 0.702. The molecule has 1 aliphatic heterocycles. The highest BCUT2D eigenvalue weighted by Gasteiger charge is 2.39. The number of hydrazone groups is 1. The molecule has 0 unspecified atom stereocenters. The lowest BCUT2D eigenvalue weighted by Gasteiger charge is -2.26. The molecule has 5 heteroatoms. The van der Waals surface area contributed by atoms with Crippen LogP contribution in [-0.4, -0.2) is 23.5 Å². The van der Waals surface area contributed by atoms with Crippen LogP contribution in [0.4, 0.5) is 10.1 Å². The number of nitrogens with zero attached hydrogens (tertiary/aromatic N) is 2. The lowest BCUT2D eigenvalue weighted by atomic mass is 9.85. The predicted molar refractivity (Wildman–Crippen MR) is 107 cm³/mol. The molecule has 0 aromatic heterocycles. The maximum Gasteiger partial charge on any atom is 0.123 e. The van der Waals surface area contributed by atoms with E-state index in [1.165, 1.54) is 12.1 Å². The number of benzene rings is 3. The summed E-state index contributed by atoms with van der Waals surface area (Å²) in [7, 11) is 0. The molecule has 0 radical (unpaired) electrons. The Morgan fingerprint density at radius 1 is 0.926 bits per heavy atom. The first-order valence-corrected chi connectivity index (χ1v) is 9.10. The summed E-state index contributed by atoms with van der Waals surface area (Å²) >= 11 is 6.05. The summed E-state index contributed by atoms with van der Waals surface area (Å²) in [4.78, 5) is 0. The van der Waals surface area contributed by atoms with Crippen LogP contribution < -0.4 is 5.01 Å². The van der Waals surface area contributed by atoms with Crippen molar-refractivity contribution in [3.8, 4) is 0 Å². The third-order valence-electron chi connectivity index (χ3n) is 4.79. The van der Waals surface area contributed by atoms with Gasteiger partial charge in [0.15, 0.2) is 0 Å². The van der Waals surface area contributed by atoms with Gasteiger partial charge in [-0.2, -0.15) is 5.10 Å². The van der Waals surface area contributed by atoms with E-state index in [0.717, 1.165) is 22.5 Å². The van der Waals surface area contributed by atoms with Gasteiger partial charge in [-0.25, -0.2) is 4.39 Å². The SMILES string of the molecule is OC[C@@H]1[C@@H](c2ccc(Cl)cc2)C(c2ccc(F)cc2)=NN1c1ccccc1. The first kappa shape index (κ1) is 17.7. The van der Waals surface area contributed by atoms with Crippen molar-refractivity contribution >= 4 is 23.0 Å². The summed E-state index contributed by atoms with van der Waals surface area (Å²) in [5, 5.41) is 17.5. The van der Waals surface area contributed by atoms with Gasteiger partial charge in [0, 0.05) is 5.02 Å². The Hall–Kier alpha value is -2.69. The van der Waals surface area contributed by atoms with Crippen molar-refractivity contribution in [3.05, 3.63) is 101 Å². The average Bonchev–Trinajstić information content (AvgIpc) is 3.09. The highest BCUT2D eigenvalue weighted by molar-refractivity contribution is 6.30. The topological polar surface area (TPSA) is 35.8 Å². The van der Waals surface area contributed by atoms with E-state index in [9.17, 15) is 9.50 Å². The van der Waals surface area contributed by atoms with Crippen molar-refractivity contribution in [2.45, 2.75) is 12.0 Å². The summed E-state index contributed by atoms with van der Waals surface area (Å²) < 4.78 is 13.4. The van der Waals surface area contributed by atoms with E-state index in [1.54, 1.807) is 12.1 Å². The van der Waals surface area contributed by atoms with Gasteiger partial charge in [-0.05, 0) is 47.5 Å². The van der Waals surface area contributed by atoms with E-state index in [-0.39, 0.29) is 24.4 Å². The van der Waals surface area contributed by atoms with Crippen LogP contribution in [0.1, 0.15) is 17.0 Å². The number of anilines is 1. The molecule has 136 valence electrons. The van der Waals surface area contributed by atoms with Gasteiger partial charge in [0.1, 0.15) is 5.82 Å². The van der Waals surface area contributed by atoms with E-state index in [1.807, 2.05) is 59.6 Å². The maximum atomic E-state index is 13.4. The number of halogens is 2. The Morgan fingerprint density at radius 2 is 1.59 bits per heavy atom. The largest absolute Gasteiger partial charge is 0.394 e. The molecule has 3 nitrogen and oxygen atoms in total. The van der Waals surface area contributed by atoms with E-state index in [0.29, 0.717) is 5.02 Å². The van der Waals surface area contributed by atoms with Crippen LogP contribution in [0.15, 0.2) is 84.0 Å². The molecule has 1 heterocycles. The van der Waals surface area contributed by atoms with Crippen LogP contribution in [0.2, 0.25) is 5.02 Å². The van der Waals surface area contributed by atoms with E-state index in [2.05, 4.69) is 0 Å². The summed E-state index contributed by atoms with van der Waals surface area (Å²) in [6.07, 6.45) is 0. The molecule has 0 amide bonds. The minimum Gasteiger partial charge on any atom is -0.394 e. The first-order valence-electron chi connectivity index (χ1n) is 8.72. The van der Waals surface area contributed by atoms with Crippen molar-refractivity contribution in [3.63, 3.8) is 0 Å². The van der Waals surface area contributed by atoms with Gasteiger partial charge in [-0.15, -0.1) is 0 Å². The summed E-state index contributed by atoms with van der Waals surface area (Å²) in [6.45, 7) is -0.0730. The van der Waals surface area contributed by atoms with E-state index >= 15 is 0 Å². The zero-order chi connectivity index (χ0) is 18.8. The predicted octanol–water partition coefficient (Wildman–Crippen LogP) is 4.85. The molecule has 0 fully saturated rings. The highest BCUT2D eigenvalue weighted by Crippen LogP contribution is 2.37. The monoisotopic (exact) mass is 380 g/mol. The second-order valence-corrected chi connectivity index (χ2v) is 6.89. The minimum absolute atomic E-state index is 0.0730. The number of para-hydroxylation sites is 1. The van der Waals surface area contributed by atoms with Crippen molar-refractivity contribution in [2.75, 3.05) is 11.6 Å². The van der Waals surface area contributed by atoms with Gasteiger partial charge in [0.2, 0.25) is 0 Å². The van der Waals surface area contributed by atoms with Gasteiger partial charge in [-0.3, -0.25) is 5.01 Å². The fourth-order valence-corrected chi connectivity index (χ4v) is 3.62. The third-order valence-corrected chi connectivity index (χ3v) is 5.04. The second-order valence-electron chi connectivity index (χ2n) is 6.45. The zero-order valence-electron chi connectivity index (χ0n) is 14.5. The van der Waals surface area contributed by atoms with Crippen molar-refractivity contribution < 1.29 is 9.50 Å². The van der Waals surface area contributed by atoms with Crippen LogP contribution in [0, 0.1) is 5.82 Å².